The molecule has 1 aromatic carbocycles. The fourth-order valence-electron chi connectivity index (χ4n) is 2.11. The molecule has 18 heavy (non-hydrogen) atoms. The molecule has 1 unspecified atom stereocenters. The molecule has 1 atom stereocenters. The second kappa shape index (κ2) is 5.31. The van der Waals surface area contributed by atoms with Gasteiger partial charge < -0.3 is 5.32 Å². The van der Waals surface area contributed by atoms with Crippen molar-refractivity contribution in [3.05, 3.63) is 47.5 Å². The molecule has 1 N–H and O–H groups in total. The molecular weight excluding hydrogens is 229 g/mol. The Labute approximate surface area is 107 Å². The number of rotatable bonds is 4. The van der Waals surface area contributed by atoms with Crippen molar-refractivity contribution in [3.8, 4) is 5.69 Å². The average Bonchev–Trinajstić information content (AvgIpc) is 2.75. The van der Waals surface area contributed by atoms with Crippen molar-refractivity contribution < 1.29 is 4.39 Å². The highest BCUT2D eigenvalue weighted by molar-refractivity contribution is 5.43. The van der Waals surface area contributed by atoms with Crippen molar-refractivity contribution in [2.45, 2.75) is 26.8 Å². The van der Waals surface area contributed by atoms with Gasteiger partial charge in [-0.15, -0.1) is 0 Å². The number of hydrogen-bond acceptors (Lipinski definition) is 2. The van der Waals surface area contributed by atoms with Crippen LogP contribution in [0, 0.1) is 12.7 Å². The number of nitrogens with one attached hydrogen (secondary N) is 1. The quantitative estimate of drug-likeness (QED) is 0.900. The van der Waals surface area contributed by atoms with E-state index < -0.39 is 0 Å². The molecule has 1 heterocycles. The van der Waals surface area contributed by atoms with Gasteiger partial charge in [-0.1, -0.05) is 13.0 Å². The monoisotopic (exact) mass is 247 g/mol. The third-order valence-corrected chi connectivity index (χ3v) is 2.93. The van der Waals surface area contributed by atoms with E-state index in [0.29, 0.717) is 5.56 Å². The Morgan fingerprint density at radius 1 is 1.44 bits per heavy atom. The van der Waals surface area contributed by atoms with Crippen LogP contribution in [-0.2, 0) is 0 Å². The molecule has 0 radical (unpaired) electrons. The summed E-state index contributed by atoms with van der Waals surface area (Å²) in [7, 11) is 0. The first-order valence-electron chi connectivity index (χ1n) is 6.17. The van der Waals surface area contributed by atoms with E-state index in [1.165, 1.54) is 6.07 Å². The van der Waals surface area contributed by atoms with Crippen LogP contribution < -0.4 is 5.32 Å². The molecule has 0 aliphatic carbocycles. The normalized spacial score (nSPS) is 12.7. The van der Waals surface area contributed by atoms with E-state index in [-0.39, 0.29) is 11.9 Å². The van der Waals surface area contributed by atoms with E-state index in [1.54, 1.807) is 16.9 Å². The zero-order valence-corrected chi connectivity index (χ0v) is 10.9. The summed E-state index contributed by atoms with van der Waals surface area (Å²) in [5.74, 6) is -0.200. The predicted octanol–water partition coefficient (Wildman–Crippen LogP) is 2.99. The SMILES string of the molecule is CCNC(C)c1c(F)cccc1-n1cc(C)cn1. The van der Waals surface area contributed by atoms with Crippen LogP contribution in [0.25, 0.3) is 5.69 Å². The van der Waals surface area contributed by atoms with Gasteiger partial charge >= 0.3 is 0 Å². The van der Waals surface area contributed by atoms with E-state index in [4.69, 9.17) is 0 Å². The lowest BCUT2D eigenvalue weighted by atomic mass is 10.1. The zero-order valence-electron chi connectivity index (χ0n) is 10.9. The summed E-state index contributed by atoms with van der Waals surface area (Å²) in [4.78, 5) is 0. The van der Waals surface area contributed by atoms with E-state index in [0.717, 1.165) is 17.8 Å². The molecule has 0 spiro atoms. The second-order valence-corrected chi connectivity index (χ2v) is 4.41. The van der Waals surface area contributed by atoms with Crippen LogP contribution in [0.15, 0.2) is 30.6 Å². The highest BCUT2D eigenvalue weighted by Gasteiger charge is 2.16. The maximum atomic E-state index is 14.0. The second-order valence-electron chi connectivity index (χ2n) is 4.41. The van der Waals surface area contributed by atoms with Crippen LogP contribution in [0.4, 0.5) is 4.39 Å². The highest BCUT2D eigenvalue weighted by Crippen LogP contribution is 2.24. The van der Waals surface area contributed by atoms with Crippen molar-refractivity contribution >= 4 is 0 Å². The summed E-state index contributed by atoms with van der Waals surface area (Å²) in [5.41, 5.74) is 2.50. The third kappa shape index (κ3) is 2.43. The van der Waals surface area contributed by atoms with Gasteiger partial charge in [0.15, 0.2) is 0 Å². The predicted molar refractivity (Wildman–Crippen MR) is 70.4 cm³/mol. The number of benzene rings is 1. The summed E-state index contributed by atoms with van der Waals surface area (Å²) < 4.78 is 15.8. The van der Waals surface area contributed by atoms with Crippen LogP contribution in [0.3, 0.4) is 0 Å². The number of nitrogens with zero attached hydrogens (tertiary/aromatic N) is 2. The van der Waals surface area contributed by atoms with Gasteiger partial charge in [-0.25, -0.2) is 9.07 Å². The Morgan fingerprint density at radius 2 is 2.22 bits per heavy atom. The molecule has 2 aromatic rings. The van der Waals surface area contributed by atoms with Crippen LogP contribution >= 0.6 is 0 Å². The molecule has 0 fully saturated rings. The Morgan fingerprint density at radius 3 is 2.83 bits per heavy atom. The van der Waals surface area contributed by atoms with Crippen molar-refractivity contribution in [3.63, 3.8) is 0 Å². The van der Waals surface area contributed by atoms with Crippen LogP contribution in [-0.4, -0.2) is 16.3 Å². The maximum absolute atomic E-state index is 14.0. The fourth-order valence-corrected chi connectivity index (χ4v) is 2.11. The minimum absolute atomic E-state index is 0.0456. The van der Waals surface area contributed by atoms with Crippen molar-refractivity contribution in [1.29, 1.82) is 0 Å². The van der Waals surface area contributed by atoms with Crippen molar-refractivity contribution in [2.75, 3.05) is 6.54 Å². The maximum Gasteiger partial charge on any atom is 0.130 e. The van der Waals surface area contributed by atoms with E-state index in [1.807, 2.05) is 33.0 Å². The van der Waals surface area contributed by atoms with Crippen molar-refractivity contribution in [2.24, 2.45) is 0 Å². The smallest absolute Gasteiger partial charge is 0.130 e. The largest absolute Gasteiger partial charge is 0.310 e. The number of aromatic nitrogens is 2. The molecular formula is C14H18FN3. The van der Waals surface area contributed by atoms with Gasteiger partial charge in [0.25, 0.3) is 0 Å². The van der Waals surface area contributed by atoms with Gasteiger partial charge in [0.2, 0.25) is 0 Å². The summed E-state index contributed by atoms with van der Waals surface area (Å²) in [5, 5.41) is 7.49. The molecule has 3 nitrogen and oxygen atoms in total. The summed E-state index contributed by atoms with van der Waals surface area (Å²) in [6.07, 6.45) is 3.67. The standard InChI is InChI=1S/C14H18FN3/c1-4-16-11(3)14-12(15)6-5-7-13(14)18-9-10(2)8-17-18/h5-9,11,16H,4H2,1-3H3. The minimum Gasteiger partial charge on any atom is -0.310 e. The van der Waals surface area contributed by atoms with Crippen molar-refractivity contribution in [1.82, 2.24) is 15.1 Å². The van der Waals surface area contributed by atoms with E-state index >= 15 is 0 Å². The highest BCUT2D eigenvalue weighted by atomic mass is 19.1. The zero-order chi connectivity index (χ0) is 13.1. The molecule has 1 aromatic heterocycles. The molecule has 0 aliphatic rings. The average molecular weight is 247 g/mol. The molecule has 0 bridgehead atoms. The van der Waals surface area contributed by atoms with Gasteiger partial charge in [0.1, 0.15) is 5.82 Å². The van der Waals surface area contributed by atoms with Crippen LogP contribution in [0.1, 0.15) is 31.0 Å². The minimum atomic E-state index is -0.200. The molecule has 0 saturated carbocycles. The Hall–Kier alpha value is -1.68. The molecule has 0 amide bonds. The third-order valence-electron chi connectivity index (χ3n) is 2.93. The molecule has 0 saturated heterocycles. The lowest BCUT2D eigenvalue weighted by Crippen LogP contribution is -2.20. The van der Waals surface area contributed by atoms with Crippen LogP contribution in [0.2, 0.25) is 0 Å². The van der Waals surface area contributed by atoms with E-state index in [2.05, 4.69) is 10.4 Å². The first-order chi connectivity index (χ1) is 8.63. The van der Waals surface area contributed by atoms with Crippen LogP contribution in [0.5, 0.6) is 0 Å². The molecule has 96 valence electrons. The summed E-state index contributed by atoms with van der Waals surface area (Å²) >= 11 is 0. The lowest BCUT2D eigenvalue weighted by molar-refractivity contribution is 0.536. The van der Waals surface area contributed by atoms with Gasteiger partial charge in [-0.05, 0) is 38.1 Å². The molecule has 4 heteroatoms. The summed E-state index contributed by atoms with van der Waals surface area (Å²) in [6, 6.07) is 5.04. The number of hydrogen-bond donors (Lipinski definition) is 1. The summed E-state index contributed by atoms with van der Waals surface area (Å²) in [6.45, 7) is 6.74. The first kappa shape index (κ1) is 12.8. The van der Waals surface area contributed by atoms with E-state index in [9.17, 15) is 4.39 Å². The number of aryl methyl sites for hydroxylation is 1. The fraction of sp³-hybridized carbons (Fsp3) is 0.357. The number of halogens is 1. The van der Waals surface area contributed by atoms with Gasteiger partial charge in [0.05, 0.1) is 11.9 Å². The Kier molecular flexibility index (Phi) is 3.77. The molecule has 0 aliphatic heterocycles. The topological polar surface area (TPSA) is 29.9 Å². The van der Waals surface area contributed by atoms with Gasteiger partial charge in [0, 0.05) is 17.8 Å². The Balaban J connectivity index is 2.50. The first-order valence-corrected chi connectivity index (χ1v) is 6.17. The Bertz CT molecular complexity index is 534. The lowest BCUT2D eigenvalue weighted by Gasteiger charge is -2.17. The van der Waals surface area contributed by atoms with Gasteiger partial charge in [-0.2, -0.15) is 5.10 Å². The van der Waals surface area contributed by atoms with Gasteiger partial charge in [-0.3, -0.25) is 0 Å². The molecule has 2 rings (SSSR count).